The molecule has 0 aliphatic heterocycles. The van der Waals surface area contributed by atoms with Gasteiger partial charge in [-0.15, -0.1) is 0 Å². The summed E-state index contributed by atoms with van der Waals surface area (Å²) < 4.78 is 0. The lowest BCUT2D eigenvalue weighted by atomic mass is 9.91. The van der Waals surface area contributed by atoms with Crippen molar-refractivity contribution >= 4 is 23.1 Å². The van der Waals surface area contributed by atoms with Crippen LogP contribution in [-0.4, -0.2) is 17.2 Å². The van der Waals surface area contributed by atoms with E-state index in [0.29, 0.717) is 16.8 Å². The minimum Gasteiger partial charge on any atom is -0.366 e. The van der Waals surface area contributed by atoms with Crippen LogP contribution in [0.3, 0.4) is 0 Å². The third-order valence-electron chi connectivity index (χ3n) is 4.54. The Morgan fingerprint density at radius 2 is 1.52 bits per heavy atom. The van der Waals surface area contributed by atoms with Gasteiger partial charge in [0.2, 0.25) is 5.91 Å². The number of nitrogens with zero attached hydrogens (tertiary/aromatic N) is 1. The molecule has 0 aliphatic carbocycles. The van der Waals surface area contributed by atoms with Crippen LogP contribution in [0.25, 0.3) is 33.2 Å². The summed E-state index contributed by atoms with van der Waals surface area (Å²) in [4.78, 5) is 27.4. The summed E-state index contributed by atoms with van der Waals surface area (Å²) in [6.45, 7) is 0. The van der Waals surface area contributed by atoms with Crippen molar-refractivity contribution < 1.29 is 9.59 Å². The molecule has 3 aromatic carbocycles. The molecule has 1 aromatic heterocycles. The van der Waals surface area contributed by atoms with Crippen LogP contribution < -0.4 is 5.73 Å². The zero-order chi connectivity index (χ0) is 18.8. The summed E-state index contributed by atoms with van der Waals surface area (Å²) in [6, 6.07) is 24.8. The Morgan fingerprint density at radius 1 is 0.815 bits per heavy atom. The molecule has 0 saturated heterocycles. The average molecular weight is 352 g/mol. The second-order valence-corrected chi connectivity index (χ2v) is 6.22. The topological polar surface area (TPSA) is 73.1 Å². The molecule has 1 heterocycles. The summed E-state index contributed by atoms with van der Waals surface area (Å²) in [5.74, 6) is -0.501. The van der Waals surface area contributed by atoms with Gasteiger partial charge in [0.15, 0.2) is 6.29 Å². The van der Waals surface area contributed by atoms with Gasteiger partial charge in [-0.25, -0.2) is 4.98 Å². The summed E-state index contributed by atoms with van der Waals surface area (Å²) in [5, 5.41) is 0.778. The average Bonchev–Trinajstić information content (AvgIpc) is 2.73. The van der Waals surface area contributed by atoms with E-state index in [1.165, 1.54) is 0 Å². The van der Waals surface area contributed by atoms with Crippen LogP contribution in [0.2, 0.25) is 0 Å². The van der Waals surface area contributed by atoms with E-state index < -0.39 is 5.91 Å². The molecule has 0 aliphatic rings. The molecule has 1 amide bonds. The molecule has 0 fully saturated rings. The van der Waals surface area contributed by atoms with Crippen molar-refractivity contribution in [2.24, 2.45) is 5.73 Å². The molecular formula is C23H16N2O2. The Kier molecular flexibility index (Phi) is 4.22. The predicted molar refractivity (Wildman–Crippen MR) is 107 cm³/mol. The first-order valence-electron chi connectivity index (χ1n) is 8.52. The number of amides is 1. The summed E-state index contributed by atoms with van der Waals surface area (Å²) >= 11 is 0. The van der Waals surface area contributed by atoms with Gasteiger partial charge in [0, 0.05) is 10.9 Å². The molecule has 4 heteroatoms. The number of benzene rings is 3. The first-order valence-corrected chi connectivity index (χ1v) is 8.52. The van der Waals surface area contributed by atoms with E-state index in [0.717, 1.165) is 33.9 Å². The van der Waals surface area contributed by atoms with E-state index in [-0.39, 0.29) is 0 Å². The lowest BCUT2D eigenvalue weighted by molar-refractivity contribution is 0.1000. The molecule has 4 nitrogen and oxygen atoms in total. The van der Waals surface area contributed by atoms with Gasteiger partial charge in [0.1, 0.15) is 5.69 Å². The number of primary amides is 1. The van der Waals surface area contributed by atoms with Crippen LogP contribution in [0.1, 0.15) is 20.8 Å². The lowest BCUT2D eigenvalue weighted by Gasteiger charge is -2.13. The summed E-state index contributed by atoms with van der Waals surface area (Å²) in [6.07, 6.45) is 0.732. The molecular weight excluding hydrogens is 336 g/mol. The van der Waals surface area contributed by atoms with Crippen LogP contribution in [0.4, 0.5) is 0 Å². The maximum absolute atomic E-state index is 11.6. The van der Waals surface area contributed by atoms with Gasteiger partial charge in [0.25, 0.3) is 0 Å². The zero-order valence-corrected chi connectivity index (χ0v) is 14.4. The molecule has 0 spiro atoms. The number of hydrogen-bond acceptors (Lipinski definition) is 3. The minimum atomic E-state index is -0.501. The number of aldehydes is 1. The zero-order valence-electron chi connectivity index (χ0n) is 14.4. The fraction of sp³-hybridized carbons (Fsp3) is 0. The first-order chi connectivity index (χ1) is 13.2. The SMILES string of the molecule is NC(=O)c1ccc2nc(C=O)cc(-c3ccccc3-c3ccccc3)c2c1. The third kappa shape index (κ3) is 3.09. The maximum atomic E-state index is 11.6. The molecule has 4 aromatic rings. The van der Waals surface area contributed by atoms with Gasteiger partial charge in [-0.1, -0.05) is 54.6 Å². The first kappa shape index (κ1) is 16.7. The van der Waals surface area contributed by atoms with Crippen LogP contribution in [0, 0.1) is 0 Å². The second-order valence-electron chi connectivity index (χ2n) is 6.22. The molecule has 0 atom stereocenters. The van der Waals surface area contributed by atoms with Gasteiger partial charge in [-0.05, 0) is 46.5 Å². The fourth-order valence-corrected chi connectivity index (χ4v) is 3.27. The number of fused-ring (bicyclic) bond motifs is 1. The standard InChI is InChI=1S/C23H16N2O2/c24-23(27)16-10-11-22-21(12-16)20(13-17(14-26)25-22)19-9-5-4-8-18(19)15-6-2-1-3-7-15/h1-14H,(H2,24,27). The molecule has 4 rings (SSSR count). The minimum absolute atomic E-state index is 0.340. The number of rotatable bonds is 4. The maximum Gasteiger partial charge on any atom is 0.248 e. The van der Waals surface area contributed by atoms with E-state index >= 15 is 0 Å². The van der Waals surface area contributed by atoms with Crippen molar-refractivity contribution in [2.75, 3.05) is 0 Å². The van der Waals surface area contributed by atoms with E-state index in [2.05, 4.69) is 4.98 Å². The van der Waals surface area contributed by atoms with Crippen LogP contribution in [0.5, 0.6) is 0 Å². The number of nitrogens with two attached hydrogens (primary N) is 1. The number of aromatic nitrogens is 1. The molecule has 0 unspecified atom stereocenters. The smallest absolute Gasteiger partial charge is 0.248 e. The molecule has 27 heavy (non-hydrogen) atoms. The highest BCUT2D eigenvalue weighted by Gasteiger charge is 2.14. The monoisotopic (exact) mass is 352 g/mol. The van der Waals surface area contributed by atoms with Crippen molar-refractivity contribution in [3.8, 4) is 22.3 Å². The van der Waals surface area contributed by atoms with Crippen LogP contribution >= 0.6 is 0 Å². The van der Waals surface area contributed by atoms with Crippen LogP contribution in [0.15, 0.2) is 78.9 Å². The van der Waals surface area contributed by atoms with Gasteiger partial charge in [-0.3, -0.25) is 9.59 Å². The van der Waals surface area contributed by atoms with Crippen molar-refractivity contribution in [3.05, 3.63) is 90.1 Å². The number of hydrogen-bond donors (Lipinski definition) is 1. The van der Waals surface area contributed by atoms with Crippen molar-refractivity contribution in [1.82, 2.24) is 4.98 Å². The molecule has 0 saturated carbocycles. The summed E-state index contributed by atoms with van der Waals surface area (Å²) in [5.41, 5.74) is 10.7. The Hall–Kier alpha value is -3.79. The van der Waals surface area contributed by atoms with Crippen molar-refractivity contribution in [3.63, 3.8) is 0 Å². The molecule has 0 bridgehead atoms. The van der Waals surface area contributed by atoms with Crippen LogP contribution in [-0.2, 0) is 0 Å². The largest absolute Gasteiger partial charge is 0.366 e. The van der Waals surface area contributed by atoms with Crippen molar-refractivity contribution in [1.29, 1.82) is 0 Å². The normalized spacial score (nSPS) is 10.7. The fourth-order valence-electron chi connectivity index (χ4n) is 3.27. The summed E-state index contributed by atoms with van der Waals surface area (Å²) in [7, 11) is 0. The number of carbonyl (C=O) groups is 2. The van der Waals surface area contributed by atoms with Gasteiger partial charge in [0.05, 0.1) is 5.52 Å². The highest BCUT2D eigenvalue weighted by Crippen LogP contribution is 2.36. The van der Waals surface area contributed by atoms with Gasteiger partial charge in [-0.2, -0.15) is 0 Å². The Morgan fingerprint density at radius 3 is 2.22 bits per heavy atom. The number of carbonyl (C=O) groups excluding carboxylic acids is 2. The van der Waals surface area contributed by atoms with E-state index in [1.54, 1.807) is 24.3 Å². The lowest BCUT2D eigenvalue weighted by Crippen LogP contribution is -2.10. The van der Waals surface area contributed by atoms with Gasteiger partial charge < -0.3 is 5.73 Å². The molecule has 2 N–H and O–H groups in total. The Balaban J connectivity index is 2.06. The van der Waals surface area contributed by atoms with E-state index in [9.17, 15) is 9.59 Å². The predicted octanol–water partition coefficient (Wildman–Crippen LogP) is 4.48. The number of pyridine rings is 1. The quantitative estimate of drug-likeness (QED) is 0.550. The second kappa shape index (κ2) is 6.84. The Labute approximate surface area is 156 Å². The highest BCUT2D eigenvalue weighted by atomic mass is 16.1. The molecule has 130 valence electrons. The molecule has 0 radical (unpaired) electrons. The van der Waals surface area contributed by atoms with Gasteiger partial charge >= 0.3 is 0 Å². The highest BCUT2D eigenvalue weighted by molar-refractivity contribution is 6.04. The van der Waals surface area contributed by atoms with Crippen molar-refractivity contribution in [2.45, 2.75) is 0 Å². The Bertz CT molecular complexity index is 1170. The van der Waals surface area contributed by atoms with E-state index in [1.807, 2.05) is 54.6 Å². The van der Waals surface area contributed by atoms with E-state index in [4.69, 9.17) is 5.73 Å². The third-order valence-corrected chi connectivity index (χ3v) is 4.54.